The van der Waals surface area contributed by atoms with Gasteiger partial charge < -0.3 is 0 Å². The molecule has 0 aliphatic carbocycles. The minimum atomic E-state index is -4.02. The predicted octanol–water partition coefficient (Wildman–Crippen LogP) is 2.03. The number of halogens is 3. The zero-order chi connectivity index (χ0) is 8.48. The van der Waals surface area contributed by atoms with Crippen molar-refractivity contribution >= 4 is 0 Å². The quantitative estimate of drug-likeness (QED) is 0.608. The van der Waals surface area contributed by atoms with Gasteiger partial charge in [0.1, 0.15) is 0 Å². The summed E-state index contributed by atoms with van der Waals surface area (Å²) in [5, 5.41) is 0. The van der Waals surface area contributed by atoms with E-state index < -0.39 is 12.7 Å². The second-order valence-corrected chi connectivity index (χ2v) is 2.94. The van der Waals surface area contributed by atoms with Crippen LogP contribution in [-0.2, 0) is 0 Å². The Labute approximate surface area is 64.2 Å². The van der Waals surface area contributed by atoms with Gasteiger partial charge in [-0.15, -0.1) is 0 Å². The fraction of sp³-hybridized carbons (Fsp3) is 1.00. The fourth-order valence-electron chi connectivity index (χ4n) is 1.40. The first-order chi connectivity index (χ1) is 5.03. The van der Waals surface area contributed by atoms with Crippen LogP contribution in [0.4, 0.5) is 13.2 Å². The summed E-state index contributed by atoms with van der Waals surface area (Å²) in [5.41, 5.74) is 0. The molecule has 0 radical (unpaired) electrons. The highest BCUT2D eigenvalue weighted by Crippen LogP contribution is 2.25. The molecule has 0 aromatic rings. The summed E-state index contributed by atoms with van der Waals surface area (Å²) in [6, 6.07) is 0.177. The van der Waals surface area contributed by atoms with Crippen LogP contribution in [0.15, 0.2) is 0 Å². The van der Waals surface area contributed by atoms with Gasteiger partial charge in [0.2, 0.25) is 0 Å². The molecule has 1 aliphatic heterocycles. The molecule has 0 N–H and O–H groups in total. The standard InChI is InChI=1S/C7H12F3N/c1-2-6-3-4-11(6)5-7(8,9)10/h6H,2-5H2,1H3. The Bertz CT molecular complexity index is 130. The minimum absolute atomic E-state index is 0.177. The lowest BCUT2D eigenvalue weighted by Gasteiger charge is -2.40. The highest BCUT2D eigenvalue weighted by molar-refractivity contribution is 4.82. The first-order valence-corrected chi connectivity index (χ1v) is 3.83. The number of alkyl halides is 3. The average Bonchev–Trinajstić information content (AvgIpc) is 1.80. The Kier molecular flexibility index (Phi) is 2.42. The van der Waals surface area contributed by atoms with Crippen LogP contribution in [-0.4, -0.2) is 30.2 Å². The lowest BCUT2D eigenvalue weighted by Crippen LogP contribution is -2.51. The molecular weight excluding hydrogens is 155 g/mol. The predicted molar refractivity (Wildman–Crippen MR) is 36.3 cm³/mol. The summed E-state index contributed by atoms with van der Waals surface area (Å²) in [5.74, 6) is 0. The van der Waals surface area contributed by atoms with E-state index in [9.17, 15) is 13.2 Å². The van der Waals surface area contributed by atoms with Gasteiger partial charge in [-0.1, -0.05) is 6.92 Å². The van der Waals surface area contributed by atoms with Gasteiger partial charge in [0.15, 0.2) is 0 Å². The van der Waals surface area contributed by atoms with Crippen LogP contribution in [0, 0.1) is 0 Å². The van der Waals surface area contributed by atoms with E-state index in [1.54, 1.807) is 0 Å². The van der Waals surface area contributed by atoms with Gasteiger partial charge in [0, 0.05) is 12.6 Å². The maximum absolute atomic E-state index is 11.8. The van der Waals surface area contributed by atoms with Crippen LogP contribution in [0.1, 0.15) is 19.8 Å². The Morgan fingerprint density at radius 3 is 2.36 bits per heavy atom. The van der Waals surface area contributed by atoms with Crippen LogP contribution in [0.25, 0.3) is 0 Å². The molecule has 1 aliphatic rings. The number of likely N-dealkylation sites (tertiary alicyclic amines) is 1. The van der Waals surface area contributed by atoms with E-state index in [4.69, 9.17) is 0 Å². The van der Waals surface area contributed by atoms with Gasteiger partial charge in [0.05, 0.1) is 6.54 Å². The molecule has 1 heterocycles. The summed E-state index contributed by atoms with van der Waals surface area (Å²) in [6.45, 7) is 1.80. The van der Waals surface area contributed by atoms with Crippen LogP contribution in [0.2, 0.25) is 0 Å². The summed E-state index contributed by atoms with van der Waals surface area (Å²) < 4.78 is 35.4. The number of hydrogen-bond acceptors (Lipinski definition) is 1. The van der Waals surface area contributed by atoms with Gasteiger partial charge >= 0.3 is 6.18 Å². The highest BCUT2D eigenvalue weighted by Gasteiger charge is 2.37. The third kappa shape index (κ3) is 2.36. The van der Waals surface area contributed by atoms with E-state index in [2.05, 4.69) is 0 Å². The Hall–Kier alpha value is -0.250. The molecule has 1 nitrogen and oxygen atoms in total. The summed E-state index contributed by atoms with van der Waals surface area (Å²) in [6.07, 6.45) is -2.27. The molecule has 1 saturated heterocycles. The van der Waals surface area contributed by atoms with Crippen molar-refractivity contribution in [1.29, 1.82) is 0 Å². The fourth-order valence-corrected chi connectivity index (χ4v) is 1.40. The van der Waals surface area contributed by atoms with Crippen LogP contribution >= 0.6 is 0 Å². The molecule has 0 saturated carbocycles. The van der Waals surface area contributed by atoms with Crippen LogP contribution in [0.3, 0.4) is 0 Å². The maximum Gasteiger partial charge on any atom is 0.401 e. The molecule has 0 spiro atoms. The van der Waals surface area contributed by atoms with Crippen molar-refractivity contribution in [2.24, 2.45) is 0 Å². The van der Waals surface area contributed by atoms with Gasteiger partial charge in [-0.25, -0.2) is 0 Å². The molecule has 4 heteroatoms. The van der Waals surface area contributed by atoms with E-state index in [1.807, 2.05) is 6.92 Å². The second-order valence-electron chi connectivity index (χ2n) is 2.94. The normalized spacial score (nSPS) is 26.7. The van der Waals surface area contributed by atoms with E-state index in [0.29, 0.717) is 6.54 Å². The number of rotatable bonds is 2. The lowest BCUT2D eigenvalue weighted by atomic mass is 10.0. The lowest BCUT2D eigenvalue weighted by molar-refractivity contribution is -0.161. The van der Waals surface area contributed by atoms with Crippen molar-refractivity contribution in [2.75, 3.05) is 13.1 Å². The number of hydrogen-bond donors (Lipinski definition) is 0. The first-order valence-electron chi connectivity index (χ1n) is 3.83. The summed E-state index contributed by atoms with van der Waals surface area (Å²) in [7, 11) is 0. The van der Waals surface area contributed by atoms with E-state index in [1.165, 1.54) is 4.90 Å². The zero-order valence-electron chi connectivity index (χ0n) is 6.49. The van der Waals surface area contributed by atoms with Crippen molar-refractivity contribution in [2.45, 2.75) is 32.0 Å². The zero-order valence-corrected chi connectivity index (χ0v) is 6.49. The average molecular weight is 167 g/mol. The van der Waals surface area contributed by atoms with Crippen molar-refractivity contribution < 1.29 is 13.2 Å². The smallest absolute Gasteiger partial charge is 0.292 e. The van der Waals surface area contributed by atoms with E-state index in [-0.39, 0.29) is 6.04 Å². The van der Waals surface area contributed by atoms with Crippen LogP contribution < -0.4 is 0 Å². The monoisotopic (exact) mass is 167 g/mol. The van der Waals surface area contributed by atoms with Gasteiger partial charge in [0.25, 0.3) is 0 Å². The Morgan fingerprint density at radius 1 is 1.45 bits per heavy atom. The molecule has 0 amide bonds. The largest absolute Gasteiger partial charge is 0.401 e. The molecule has 1 atom stereocenters. The molecule has 1 unspecified atom stereocenters. The molecule has 1 rings (SSSR count). The summed E-state index contributed by atoms with van der Waals surface area (Å²) in [4.78, 5) is 1.49. The molecular formula is C7H12F3N. The maximum atomic E-state index is 11.8. The van der Waals surface area contributed by atoms with Gasteiger partial charge in [-0.2, -0.15) is 13.2 Å². The topological polar surface area (TPSA) is 3.24 Å². The van der Waals surface area contributed by atoms with Crippen molar-refractivity contribution in [3.05, 3.63) is 0 Å². The highest BCUT2D eigenvalue weighted by atomic mass is 19.4. The first kappa shape index (κ1) is 8.84. The molecule has 0 aromatic heterocycles. The minimum Gasteiger partial charge on any atom is -0.292 e. The third-order valence-corrected chi connectivity index (χ3v) is 2.12. The van der Waals surface area contributed by atoms with E-state index >= 15 is 0 Å². The van der Waals surface area contributed by atoms with Crippen LogP contribution in [0.5, 0.6) is 0 Å². The van der Waals surface area contributed by atoms with Gasteiger partial charge in [-0.05, 0) is 12.8 Å². The second kappa shape index (κ2) is 3.01. The molecule has 1 fully saturated rings. The molecule has 11 heavy (non-hydrogen) atoms. The molecule has 0 aromatic carbocycles. The van der Waals surface area contributed by atoms with Crippen molar-refractivity contribution in [3.63, 3.8) is 0 Å². The molecule has 66 valence electrons. The number of nitrogens with zero attached hydrogens (tertiary/aromatic N) is 1. The van der Waals surface area contributed by atoms with Crippen molar-refractivity contribution in [1.82, 2.24) is 4.90 Å². The van der Waals surface area contributed by atoms with Crippen molar-refractivity contribution in [3.8, 4) is 0 Å². The van der Waals surface area contributed by atoms with E-state index in [0.717, 1.165) is 12.8 Å². The van der Waals surface area contributed by atoms with Gasteiger partial charge in [-0.3, -0.25) is 4.90 Å². The Balaban J connectivity index is 2.27. The summed E-state index contributed by atoms with van der Waals surface area (Å²) >= 11 is 0. The Morgan fingerprint density at radius 2 is 2.09 bits per heavy atom. The SMILES string of the molecule is CCC1CCN1CC(F)(F)F. The third-order valence-electron chi connectivity index (χ3n) is 2.12. The molecule has 0 bridgehead atoms.